The van der Waals surface area contributed by atoms with Gasteiger partial charge < -0.3 is 24.1 Å². The summed E-state index contributed by atoms with van der Waals surface area (Å²) < 4.78 is 21.2. The number of benzene rings is 2. The number of allylic oxidation sites excluding steroid dienone is 2. The van der Waals surface area contributed by atoms with Crippen LogP contribution in [0.25, 0.3) is 5.57 Å². The Morgan fingerprint density at radius 3 is 2.06 bits per heavy atom. The zero-order chi connectivity index (χ0) is 23.6. The monoisotopic (exact) mass is 438 g/mol. The summed E-state index contributed by atoms with van der Waals surface area (Å²) in [5.74, 6) is -1.70. The van der Waals surface area contributed by atoms with E-state index in [-0.39, 0.29) is 39.5 Å². The molecule has 8 heteroatoms. The largest absolute Gasteiger partial charge is 0.497 e. The number of hydrogen-bond acceptors (Lipinski definition) is 7. The molecule has 1 N–H and O–H groups in total. The molecule has 0 saturated carbocycles. The van der Waals surface area contributed by atoms with Gasteiger partial charge in [-0.15, -0.1) is 0 Å². The van der Waals surface area contributed by atoms with Gasteiger partial charge in [0.15, 0.2) is 0 Å². The Morgan fingerprint density at radius 1 is 0.844 bits per heavy atom. The molecule has 0 radical (unpaired) electrons. The number of carboxylic acid groups (broad SMARTS) is 1. The van der Waals surface area contributed by atoms with Gasteiger partial charge in [0.2, 0.25) is 23.1 Å². The van der Waals surface area contributed by atoms with E-state index in [9.17, 15) is 19.5 Å². The van der Waals surface area contributed by atoms with Gasteiger partial charge in [0.1, 0.15) is 22.8 Å². The normalized spacial score (nSPS) is 13.9. The van der Waals surface area contributed by atoms with Crippen molar-refractivity contribution in [2.24, 2.45) is 0 Å². The van der Waals surface area contributed by atoms with Gasteiger partial charge in [0.05, 0.1) is 21.3 Å². The summed E-state index contributed by atoms with van der Waals surface area (Å²) in [4.78, 5) is 37.8. The molecule has 2 aromatic carbocycles. The maximum Gasteiger partial charge on any atom is 0.339 e. The van der Waals surface area contributed by atoms with Gasteiger partial charge in [-0.2, -0.15) is 0 Å². The average molecular weight is 438 g/mol. The Labute approximate surface area is 184 Å². The number of carbonyl (C=O) groups is 3. The maximum absolute atomic E-state index is 13.1. The minimum absolute atomic E-state index is 0.0474. The zero-order valence-corrected chi connectivity index (χ0v) is 18.3. The first kappa shape index (κ1) is 22.6. The molecule has 0 aliphatic heterocycles. The Morgan fingerprint density at radius 2 is 1.47 bits per heavy atom. The van der Waals surface area contributed by atoms with E-state index < -0.39 is 17.5 Å². The minimum atomic E-state index is -1.25. The van der Waals surface area contributed by atoms with Crippen LogP contribution in [0.1, 0.15) is 28.4 Å². The van der Waals surface area contributed by atoms with Gasteiger partial charge in [0, 0.05) is 17.2 Å². The van der Waals surface area contributed by atoms with Crippen LogP contribution in [-0.4, -0.2) is 44.0 Å². The van der Waals surface area contributed by atoms with Crippen LogP contribution in [0, 0.1) is 6.92 Å². The quantitative estimate of drug-likeness (QED) is 0.648. The van der Waals surface area contributed by atoms with Gasteiger partial charge in [-0.05, 0) is 49.2 Å². The summed E-state index contributed by atoms with van der Waals surface area (Å²) in [5, 5.41) is 9.83. The van der Waals surface area contributed by atoms with E-state index in [4.69, 9.17) is 18.9 Å². The number of ketones is 2. The van der Waals surface area contributed by atoms with Crippen molar-refractivity contribution in [3.05, 3.63) is 70.2 Å². The Balaban J connectivity index is 2.14. The molecule has 0 atom stereocenters. The number of carbonyl (C=O) groups excluding carboxylic acids is 2. The second kappa shape index (κ2) is 8.97. The van der Waals surface area contributed by atoms with Crippen LogP contribution in [-0.2, 0) is 19.1 Å². The predicted molar refractivity (Wildman–Crippen MR) is 115 cm³/mol. The second-order valence-electron chi connectivity index (χ2n) is 6.98. The molecule has 0 amide bonds. The van der Waals surface area contributed by atoms with E-state index in [1.54, 1.807) is 37.3 Å². The average Bonchev–Trinajstić information content (AvgIpc) is 2.77. The van der Waals surface area contributed by atoms with Crippen LogP contribution in [0.5, 0.6) is 17.2 Å². The summed E-state index contributed by atoms with van der Waals surface area (Å²) in [6.07, 6.45) is 0. The van der Waals surface area contributed by atoms with Crippen molar-refractivity contribution < 1.29 is 38.4 Å². The molecule has 2 aromatic rings. The molecule has 0 bridgehead atoms. The number of carboxylic acids is 1. The molecule has 1 aliphatic carbocycles. The molecule has 8 nitrogen and oxygen atoms in total. The van der Waals surface area contributed by atoms with Crippen LogP contribution < -0.4 is 9.47 Å². The Hall–Kier alpha value is -4.07. The summed E-state index contributed by atoms with van der Waals surface area (Å²) in [5.41, 5.74) is 0.738. The summed E-state index contributed by atoms with van der Waals surface area (Å²) in [6, 6.07) is 9.63. The highest BCUT2D eigenvalue weighted by atomic mass is 16.5. The molecule has 32 heavy (non-hydrogen) atoms. The summed E-state index contributed by atoms with van der Waals surface area (Å²) >= 11 is 0. The SMILES string of the molecule is COC1=C(OC)C(=O)C(c2cc(C)c(Oc3cccc(OC)c3)c(C(=O)O)c2)=C(C)C1=O. The number of methoxy groups -OCH3 is 3. The number of aryl methyl sites for hydroxylation is 1. The lowest BCUT2D eigenvalue weighted by molar-refractivity contribution is -0.119. The third kappa shape index (κ3) is 3.94. The van der Waals surface area contributed by atoms with E-state index >= 15 is 0 Å². The number of rotatable bonds is 7. The third-order valence-corrected chi connectivity index (χ3v) is 5.02. The van der Waals surface area contributed by atoms with E-state index in [2.05, 4.69) is 0 Å². The summed E-state index contributed by atoms with van der Waals surface area (Å²) in [6.45, 7) is 3.14. The number of Topliss-reactive ketones (excluding diaryl/α,β-unsaturated/α-hetero) is 2. The highest BCUT2D eigenvalue weighted by Gasteiger charge is 2.36. The number of ether oxygens (including phenoxy) is 4. The lowest BCUT2D eigenvalue weighted by Crippen LogP contribution is -2.24. The fourth-order valence-corrected chi connectivity index (χ4v) is 3.49. The first-order valence-corrected chi connectivity index (χ1v) is 9.56. The van der Waals surface area contributed by atoms with Crippen LogP contribution in [0.4, 0.5) is 0 Å². The van der Waals surface area contributed by atoms with Crippen molar-refractivity contribution in [1.29, 1.82) is 0 Å². The Kier molecular flexibility index (Phi) is 6.34. The highest BCUT2D eigenvalue weighted by molar-refractivity contribution is 6.38. The molecular weight excluding hydrogens is 416 g/mol. The molecule has 166 valence electrons. The lowest BCUT2D eigenvalue weighted by Gasteiger charge is -2.21. The molecule has 0 aromatic heterocycles. The lowest BCUT2D eigenvalue weighted by atomic mass is 9.87. The molecule has 3 rings (SSSR count). The molecule has 0 heterocycles. The van der Waals surface area contributed by atoms with Crippen molar-refractivity contribution in [1.82, 2.24) is 0 Å². The molecule has 1 aliphatic rings. The molecule has 0 fully saturated rings. The van der Waals surface area contributed by atoms with Crippen LogP contribution in [0.2, 0.25) is 0 Å². The van der Waals surface area contributed by atoms with E-state index in [0.29, 0.717) is 17.1 Å². The first-order valence-electron chi connectivity index (χ1n) is 9.56. The Bertz CT molecular complexity index is 1190. The van der Waals surface area contributed by atoms with Gasteiger partial charge in [-0.25, -0.2) is 4.79 Å². The number of hydrogen-bond donors (Lipinski definition) is 1. The third-order valence-electron chi connectivity index (χ3n) is 5.02. The maximum atomic E-state index is 13.1. The van der Waals surface area contributed by atoms with Gasteiger partial charge in [0.25, 0.3) is 0 Å². The van der Waals surface area contributed by atoms with Crippen LogP contribution in [0.3, 0.4) is 0 Å². The number of aromatic carboxylic acids is 1. The van der Waals surface area contributed by atoms with Crippen molar-refractivity contribution in [3.63, 3.8) is 0 Å². The van der Waals surface area contributed by atoms with Crippen molar-refractivity contribution >= 4 is 23.1 Å². The smallest absolute Gasteiger partial charge is 0.339 e. The molecule has 0 saturated heterocycles. The van der Waals surface area contributed by atoms with Crippen molar-refractivity contribution in [2.75, 3.05) is 21.3 Å². The fraction of sp³-hybridized carbons (Fsp3) is 0.208. The van der Waals surface area contributed by atoms with Crippen molar-refractivity contribution in [3.8, 4) is 17.2 Å². The molecule has 0 spiro atoms. The van der Waals surface area contributed by atoms with Crippen LogP contribution >= 0.6 is 0 Å². The molecule has 0 unspecified atom stereocenters. The topological polar surface area (TPSA) is 108 Å². The molecular formula is C24H22O8. The zero-order valence-electron chi connectivity index (χ0n) is 18.3. The standard InChI is InChI=1S/C24H22O8/c1-12-9-14(18-13(2)19(25)22(30-4)23(31-5)20(18)26)10-17(24(27)28)21(12)32-16-8-6-7-15(11-16)29-3/h6-11H,1-5H3,(H,27,28). The van der Waals surface area contributed by atoms with E-state index in [0.717, 1.165) is 0 Å². The first-order chi connectivity index (χ1) is 15.2. The van der Waals surface area contributed by atoms with E-state index in [1.165, 1.54) is 34.3 Å². The minimum Gasteiger partial charge on any atom is -0.497 e. The van der Waals surface area contributed by atoms with Crippen molar-refractivity contribution in [2.45, 2.75) is 13.8 Å². The van der Waals surface area contributed by atoms with Crippen LogP contribution in [0.15, 0.2) is 53.5 Å². The van der Waals surface area contributed by atoms with Gasteiger partial charge in [-0.3, -0.25) is 9.59 Å². The van der Waals surface area contributed by atoms with E-state index in [1.807, 2.05) is 0 Å². The predicted octanol–water partition coefficient (Wildman–Crippen LogP) is 3.92. The highest BCUT2D eigenvalue weighted by Crippen LogP contribution is 2.37. The van der Waals surface area contributed by atoms with Gasteiger partial charge >= 0.3 is 5.97 Å². The fourth-order valence-electron chi connectivity index (χ4n) is 3.49. The second-order valence-corrected chi connectivity index (χ2v) is 6.98. The van der Waals surface area contributed by atoms with Gasteiger partial charge in [-0.1, -0.05) is 6.07 Å². The summed E-state index contributed by atoms with van der Waals surface area (Å²) in [7, 11) is 4.05.